The molecule has 1 saturated carbocycles. The Morgan fingerprint density at radius 1 is 1.14 bits per heavy atom. The van der Waals surface area contributed by atoms with E-state index in [4.69, 9.17) is 0 Å². The van der Waals surface area contributed by atoms with Crippen LogP contribution in [-0.4, -0.2) is 5.11 Å². The zero-order valence-electron chi connectivity index (χ0n) is 8.16. The van der Waals surface area contributed by atoms with Crippen molar-refractivity contribution >= 4 is 5.76 Å². The number of fused-ring (bicyclic) bond motifs is 3. The summed E-state index contributed by atoms with van der Waals surface area (Å²) in [7, 11) is 0. The molecule has 0 heterocycles. The highest BCUT2D eigenvalue weighted by Crippen LogP contribution is 2.47. The lowest BCUT2D eigenvalue weighted by Gasteiger charge is -2.21. The van der Waals surface area contributed by atoms with Gasteiger partial charge in [-0.05, 0) is 30.4 Å². The molecular weight excluding hydrogens is 172 g/mol. The monoisotopic (exact) mass is 186 g/mol. The van der Waals surface area contributed by atoms with Crippen molar-refractivity contribution in [3.63, 3.8) is 0 Å². The zero-order valence-corrected chi connectivity index (χ0v) is 8.16. The van der Waals surface area contributed by atoms with E-state index in [1.54, 1.807) is 0 Å². The molecule has 14 heavy (non-hydrogen) atoms. The van der Waals surface area contributed by atoms with Crippen molar-refractivity contribution in [1.82, 2.24) is 0 Å². The molecule has 0 saturated heterocycles. The molecular formula is C13H14O. The first kappa shape index (κ1) is 8.10. The lowest BCUT2D eigenvalue weighted by Crippen LogP contribution is -2.04. The van der Waals surface area contributed by atoms with Crippen molar-refractivity contribution in [2.75, 3.05) is 0 Å². The Bertz CT molecular complexity index is 403. The van der Waals surface area contributed by atoms with Crippen LogP contribution >= 0.6 is 0 Å². The molecule has 72 valence electrons. The Kier molecular flexibility index (Phi) is 1.66. The van der Waals surface area contributed by atoms with E-state index in [9.17, 15) is 5.11 Å². The second kappa shape index (κ2) is 2.88. The van der Waals surface area contributed by atoms with Gasteiger partial charge in [0.2, 0.25) is 0 Å². The SMILES string of the molecule is OC1=C2CCCCC2c2ccccc21. The van der Waals surface area contributed by atoms with E-state index in [-0.39, 0.29) is 0 Å². The molecule has 1 atom stereocenters. The Morgan fingerprint density at radius 3 is 2.93 bits per heavy atom. The molecule has 1 unspecified atom stereocenters. The number of aliphatic hydroxyl groups excluding tert-OH is 1. The number of rotatable bonds is 0. The van der Waals surface area contributed by atoms with Crippen LogP contribution in [-0.2, 0) is 0 Å². The average Bonchev–Trinajstić information content (AvgIpc) is 2.55. The molecule has 1 fully saturated rings. The lowest BCUT2D eigenvalue weighted by molar-refractivity contribution is 0.488. The summed E-state index contributed by atoms with van der Waals surface area (Å²) in [6.45, 7) is 0. The fourth-order valence-corrected chi connectivity index (χ4v) is 2.83. The minimum atomic E-state index is 0.528. The van der Waals surface area contributed by atoms with Crippen LogP contribution in [0.3, 0.4) is 0 Å². The molecule has 0 aliphatic heterocycles. The molecule has 1 aromatic carbocycles. The van der Waals surface area contributed by atoms with Crippen molar-refractivity contribution in [2.24, 2.45) is 0 Å². The second-order valence-electron chi connectivity index (χ2n) is 4.26. The standard InChI is InChI=1S/C13H14O/c14-13-11-7-3-1-5-9(11)10-6-2-4-8-12(10)13/h1,3,5,7,10,14H,2,4,6,8H2. The molecule has 2 aliphatic rings. The van der Waals surface area contributed by atoms with Crippen molar-refractivity contribution < 1.29 is 5.11 Å². The summed E-state index contributed by atoms with van der Waals surface area (Å²) in [6.07, 6.45) is 4.85. The predicted molar refractivity (Wildman–Crippen MR) is 57.2 cm³/mol. The first-order chi connectivity index (χ1) is 6.88. The van der Waals surface area contributed by atoms with Crippen molar-refractivity contribution in [3.05, 3.63) is 41.0 Å². The highest BCUT2D eigenvalue weighted by Gasteiger charge is 2.32. The summed E-state index contributed by atoms with van der Waals surface area (Å²) in [6, 6.07) is 8.28. The first-order valence-corrected chi connectivity index (χ1v) is 5.39. The minimum absolute atomic E-state index is 0.528. The summed E-state index contributed by atoms with van der Waals surface area (Å²) >= 11 is 0. The topological polar surface area (TPSA) is 20.2 Å². The van der Waals surface area contributed by atoms with Crippen molar-refractivity contribution in [1.29, 1.82) is 0 Å². The van der Waals surface area contributed by atoms with E-state index in [1.807, 2.05) is 12.1 Å². The average molecular weight is 186 g/mol. The Morgan fingerprint density at radius 2 is 2.00 bits per heavy atom. The van der Waals surface area contributed by atoms with Gasteiger partial charge in [-0.15, -0.1) is 0 Å². The molecule has 0 spiro atoms. The summed E-state index contributed by atoms with van der Waals surface area (Å²) in [5.74, 6) is 1.10. The van der Waals surface area contributed by atoms with Crippen LogP contribution in [0.5, 0.6) is 0 Å². The minimum Gasteiger partial charge on any atom is -0.507 e. The van der Waals surface area contributed by atoms with E-state index in [2.05, 4.69) is 12.1 Å². The lowest BCUT2D eigenvalue weighted by atomic mass is 9.83. The van der Waals surface area contributed by atoms with Crippen molar-refractivity contribution in [2.45, 2.75) is 31.6 Å². The molecule has 1 N–H and O–H groups in total. The van der Waals surface area contributed by atoms with Gasteiger partial charge in [0.15, 0.2) is 0 Å². The fourth-order valence-electron chi connectivity index (χ4n) is 2.83. The number of allylic oxidation sites excluding steroid dienone is 1. The van der Waals surface area contributed by atoms with Gasteiger partial charge in [-0.2, -0.15) is 0 Å². The third kappa shape index (κ3) is 0.955. The summed E-state index contributed by atoms with van der Waals surface area (Å²) in [4.78, 5) is 0. The number of hydrogen-bond donors (Lipinski definition) is 1. The van der Waals surface area contributed by atoms with E-state index in [1.165, 1.54) is 30.4 Å². The summed E-state index contributed by atoms with van der Waals surface area (Å²) < 4.78 is 0. The third-order valence-corrected chi connectivity index (χ3v) is 3.51. The number of aliphatic hydroxyl groups is 1. The van der Waals surface area contributed by atoms with Gasteiger partial charge < -0.3 is 5.11 Å². The largest absolute Gasteiger partial charge is 0.507 e. The maximum atomic E-state index is 10.1. The highest BCUT2D eigenvalue weighted by atomic mass is 16.3. The van der Waals surface area contributed by atoms with Gasteiger partial charge in [-0.25, -0.2) is 0 Å². The number of benzene rings is 1. The quantitative estimate of drug-likeness (QED) is 0.656. The summed E-state index contributed by atoms with van der Waals surface area (Å²) in [5, 5.41) is 10.1. The van der Waals surface area contributed by atoms with E-state index >= 15 is 0 Å². The van der Waals surface area contributed by atoms with Gasteiger partial charge in [-0.3, -0.25) is 0 Å². The Hall–Kier alpha value is -1.24. The molecule has 0 radical (unpaired) electrons. The van der Waals surface area contributed by atoms with Crippen LogP contribution in [0.25, 0.3) is 5.76 Å². The van der Waals surface area contributed by atoms with Gasteiger partial charge in [-0.1, -0.05) is 30.7 Å². The van der Waals surface area contributed by atoms with Crippen LogP contribution in [0.15, 0.2) is 29.8 Å². The van der Waals surface area contributed by atoms with Gasteiger partial charge >= 0.3 is 0 Å². The third-order valence-electron chi connectivity index (χ3n) is 3.51. The first-order valence-electron chi connectivity index (χ1n) is 5.39. The molecule has 0 aromatic heterocycles. The van der Waals surface area contributed by atoms with E-state index in [0.29, 0.717) is 11.7 Å². The summed E-state index contributed by atoms with van der Waals surface area (Å²) in [5.41, 5.74) is 3.71. The maximum absolute atomic E-state index is 10.1. The van der Waals surface area contributed by atoms with Gasteiger partial charge in [0.1, 0.15) is 5.76 Å². The highest BCUT2D eigenvalue weighted by molar-refractivity contribution is 5.73. The molecule has 1 heteroatoms. The molecule has 1 nitrogen and oxygen atoms in total. The van der Waals surface area contributed by atoms with Crippen LogP contribution < -0.4 is 0 Å². The van der Waals surface area contributed by atoms with Crippen LogP contribution in [0.2, 0.25) is 0 Å². The molecule has 1 aromatic rings. The second-order valence-corrected chi connectivity index (χ2v) is 4.26. The molecule has 2 aliphatic carbocycles. The molecule has 0 amide bonds. The zero-order chi connectivity index (χ0) is 9.54. The molecule has 3 rings (SSSR count). The van der Waals surface area contributed by atoms with E-state index < -0.39 is 0 Å². The maximum Gasteiger partial charge on any atom is 0.122 e. The van der Waals surface area contributed by atoms with E-state index in [0.717, 1.165) is 12.0 Å². The van der Waals surface area contributed by atoms with Crippen molar-refractivity contribution in [3.8, 4) is 0 Å². The normalized spacial score (nSPS) is 24.7. The Balaban J connectivity index is 2.17. The predicted octanol–water partition coefficient (Wildman–Crippen LogP) is 3.63. The van der Waals surface area contributed by atoms with Crippen LogP contribution in [0.4, 0.5) is 0 Å². The van der Waals surface area contributed by atoms with Gasteiger partial charge in [0.25, 0.3) is 0 Å². The number of hydrogen-bond acceptors (Lipinski definition) is 1. The molecule has 0 bridgehead atoms. The fraction of sp³-hybridized carbons (Fsp3) is 0.385. The Labute approximate surface area is 84.1 Å². The van der Waals surface area contributed by atoms with Crippen LogP contribution in [0.1, 0.15) is 42.7 Å². The van der Waals surface area contributed by atoms with Gasteiger partial charge in [0, 0.05) is 11.5 Å². The van der Waals surface area contributed by atoms with Gasteiger partial charge in [0.05, 0.1) is 0 Å². The van der Waals surface area contributed by atoms with Crippen LogP contribution in [0, 0.1) is 0 Å². The smallest absolute Gasteiger partial charge is 0.122 e.